The third-order valence-corrected chi connectivity index (χ3v) is 5.42. The third kappa shape index (κ3) is 3.86. The molecule has 5 heterocycles. The van der Waals surface area contributed by atoms with Gasteiger partial charge >= 0.3 is 0 Å². The highest BCUT2D eigenvalue weighted by atomic mass is 24.3. The molecule has 0 aliphatic carbocycles. The van der Waals surface area contributed by atoms with E-state index in [9.17, 15) is 0 Å². The fraction of sp³-hybridized carbons (Fsp3) is 0. The molecule has 3 aromatic heterocycles. The van der Waals surface area contributed by atoms with Gasteiger partial charge in [-0.2, -0.15) is 0 Å². The Balaban J connectivity index is 0.00000216. The van der Waals surface area contributed by atoms with Crippen LogP contribution in [0.2, 0.25) is 0 Å². The second-order valence-electron chi connectivity index (χ2n) is 7.68. The molecule has 8 bridgehead atoms. The number of benzene rings is 1. The number of aromatic nitrogens is 4. The second kappa shape index (κ2) is 8.14. The van der Waals surface area contributed by atoms with Crippen LogP contribution >= 0.6 is 0 Å². The van der Waals surface area contributed by atoms with Gasteiger partial charge in [0.15, 0.2) is 0 Å². The largest absolute Gasteiger partial charge is 0.398 e. The van der Waals surface area contributed by atoms with Gasteiger partial charge in [0.2, 0.25) is 0 Å². The van der Waals surface area contributed by atoms with Crippen molar-refractivity contribution in [3.05, 3.63) is 101 Å². The van der Waals surface area contributed by atoms with E-state index in [-0.39, 0.29) is 23.1 Å². The molecule has 2 aliphatic heterocycles. The number of hydrogen-bond acceptors (Lipinski definition) is 3. The van der Waals surface area contributed by atoms with Crippen LogP contribution in [0, 0.1) is 0 Å². The number of nitrogens with two attached hydrogens (primary N) is 1. The highest BCUT2D eigenvalue weighted by Gasteiger charge is 2.15. The van der Waals surface area contributed by atoms with E-state index in [1.54, 1.807) is 0 Å². The summed E-state index contributed by atoms with van der Waals surface area (Å²) in [7, 11) is 0. The average Bonchev–Trinajstić information content (AvgIpc) is 3.53. The van der Waals surface area contributed by atoms with Crippen molar-refractivity contribution in [3.8, 4) is 0 Å². The Kier molecular flexibility index (Phi) is 5.17. The molecule has 0 saturated carbocycles. The van der Waals surface area contributed by atoms with Crippen LogP contribution in [-0.2, 0) is 0 Å². The Labute approximate surface area is 200 Å². The van der Waals surface area contributed by atoms with E-state index in [2.05, 4.69) is 46.4 Å². The Morgan fingerprint density at radius 3 is 1.91 bits per heavy atom. The molecule has 6 rings (SSSR count). The van der Waals surface area contributed by atoms with Crippen LogP contribution in [-0.4, -0.2) is 43.0 Å². The Hall–Kier alpha value is -3.61. The molecule has 0 saturated heterocycles. The highest BCUT2D eigenvalue weighted by molar-refractivity contribution is 5.96. The molecule has 2 radical (unpaired) electrons. The van der Waals surface area contributed by atoms with Crippen molar-refractivity contribution in [2.24, 2.45) is 0 Å². The van der Waals surface area contributed by atoms with Crippen molar-refractivity contribution >= 4 is 74.6 Å². The summed E-state index contributed by atoms with van der Waals surface area (Å²) < 4.78 is 0. The monoisotopic (exact) mass is 425 g/mol. The average molecular weight is 426 g/mol. The molecule has 1 aromatic carbocycles. The van der Waals surface area contributed by atoms with Gasteiger partial charge in [-0.15, -0.1) is 0 Å². The molecule has 32 heavy (non-hydrogen) atoms. The number of nitrogens with one attached hydrogen (secondary N) is 2. The minimum absolute atomic E-state index is 0. The highest BCUT2D eigenvalue weighted by Crippen LogP contribution is 2.32. The zero-order valence-electron chi connectivity index (χ0n) is 17.3. The number of nitrogens with zero attached hydrogens (tertiary/aromatic N) is 2. The van der Waals surface area contributed by atoms with Crippen molar-refractivity contribution in [1.29, 1.82) is 0 Å². The number of anilines is 1. The standard InChI is InChI=1S/C26H19N5.Mg/c27-25-4-2-1-3-23(25)24-14-22-13-20-8-7-18(29-20)11-16-5-6-17(28-16)12-19-9-10-21(30-19)15-26(24)31-22;/h1-15,28-29H,27H2;. The summed E-state index contributed by atoms with van der Waals surface area (Å²) >= 11 is 0. The minimum atomic E-state index is 0. The van der Waals surface area contributed by atoms with Crippen molar-refractivity contribution in [1.82, 2.24) is 19.9 Å². The molecular formula is C26H19MgN5. The molecule has 4 aromatic rings. The predicted octanol–water partition coefficient (Wildman–Crippen LogP) is 5.28. The smallest absolute Gasteiger partial charge is 0.0738 e. The molecule has 5 nitrogen and oxygen atoms in total. The lowest BCUT2D eigenvalue weighted by Gasteiger charge is -2.05. The summed E-state index contributed by atoms with van der Waals surface area (Å²) in [5, 5.41) is 0. The van der Waals surface area contributed by atoms with Crippen molar-refractivity contribution in [2.75, 3.05) is 5.73 Å². The quantitative estimate of drug-likeness (QED) is 0.248. The number of H-pyrrole nitrogens is 2. The van der Waals surface area contributed by atoms with E-state index < -0.39 is 0 Å². The fourth-order valence-corrected chi connectivity index (χ4v) is 3.97. The van der Waals surface area contributed by atoms with Crippen LogP contribution in [0.15, 0.2) is 72.8 Å². The first-order valence-electron chi connectivity index (χ1n) is 10.1. The first-order valence-corrected chi connectivity index (χ1v) is 10.1. The number of fused-ring (bicyclic) bond motifs is 8. The molecule has 0 unspecified atom stereocenters. The second-order valence-corrected chi connectivity index (χ2v) is 7.68. The maximum absolute atomic E-state index is 6.28. The first-order chi connectivity index (χ1) is 15.2. The van der Waals surface area contributed by atoms with Gasteiger partial charge in [-0.1, -0.05) is 18.2 Å². The summed E-state index contributed by atoms with van der Waals surface area (Å²) in [6, 6.07) is 24.3. The number of para-hydroxylation sites is 1. The van der Waals surface area contributed by atoms with E-state index >= 15 is 0 Å². The third-order valence-electron chi connectivity index (χ3n) is 5.42. The lowest BCUT2D eigenvalue weighted by molar-refractivity contribution is 1.27. The topological polar surface area (TPSA) is 83.4 Å². The zero-order chi connectivity index (χ0) is 20.8. The van der Waals surface area contributed by atoms with Crippen molar-refractivity contribution in [3.63, 3.8) is 0 Å². The van der Waals surface area contributed by atoms with E-state index in [0.717, 1.165) is 61.7 Å². The van der Waals surface area contributed by atoms with Crippen LogP contribution in [0.4, 0.5) is 5.69 Å². The normalized spacial score (nSPS) is 12.3. The van der Waals surface area contributed by atoms with Crippen molar-refractivity contribution in [2.45, 2.75) is 0 Å². The maximum Gasteiger partial charge on any atom is 0.0738 e. The van der Waals surface area contributed by atoms with Gasteiger partial charge in [0.25, 0.3) is 0 Å². The summed E-state index contributed by atoms with van der Waals surface area (Å²) in [6.07, 6.45) is 6.09. The molecule has 0 atom stereocenters. The number of hydrogen-bond donors (Lipinski definition) is 3. The summed E-state index contributed by atoms with van der Waals surface area (Å²) in [4.78, 5) is 16.5. The van der Waals surface area contributed by atoms with Gasteiger partial charge in [-0.05, 0) is 72.8 Å². The maximum atomic E-state index is 6.28. The predicted molar refractivity (Wildman–Crippen MR) is 134 cm³/mol. The number of nitrogen functional groups attached to an aromatic ring is 1. The van der Waals surface area contributed by atoms with Gasteiger partial charge < -0.3 is 15.7 Å². The Bertz CT molecular complexity index is 1560. The SMILES string of the molecule is Nc1ccccc1C1=Cc2cc3ccc(cc4ccc(cc5nc(cc1n2)C=C5)[nH]4)[nH]3.[Mg]. The van der Waals surface area contributed by atoms with Crippen molar-refractivity contribution < 1.29 is 0 Å². The summed E-state index contributed by atoms with van der Waals surface area (Å²) in [5.41, 5.74) is 16.5. The zero-order valence-corrected chi connectivity index (χ0v) is 18.8. The molecule has 150 valence electrons. The van der Waals surface area contributed by atoms with Crippen LogP contribution < -0.4 is 5.73 Å². The van der Waals surface area contributed by atoms with Gasteiger partial charge in [0.05, 0.1) is 22.8 Å². The van der Waals surface area contributed by atoms with E-state index in [1.807, 2.05) is 54.6 Å². The van der Waals surface area contributed by atoms with Crippen LogP contribution in [0.5, 0.6) is 0 Å². The lowest BCUT2D eigenvalue weighted by atomic mass is 10.0. The number of aromatic amines is 2. The summed E-state index contributed by atoms with van der Waals surface area (Å²) in [5.74, 6) is 0. The van der Waals surface area contributed by atoms with E-state index in [0.29, 0.717) is 0 Å². The van der Waals surface area contributed by atoms with Gasteiger partial charge in [-0.25, -0.2) is 9.97 Å². The van der Waals surface area contributed by atoms with Crippen LogP contribution in [0.1, 0.15) is 28.3 Å². The molecule has 6 heteroatoms. The molecular weight excluding hydrogens is 407 g/mol. The minimum Gasteiger partial charge on any atom is -0.398 e. The summed E-state index contributed by atoms with van der Waals surface area (Å²) in [6.45, 7) is 0. The van der Waals surface area contributed by atoms with Gasteiger partial charge in [0, 0.05) is 61.9 Å². The fourth-order valence-electron chi connectivity index (χ4n) is 3.97. The molecule has 2 aliphatic rings. The van der Waals surface area contributed by atoms with Crippen LogP contribution in [0.3, 0.4) is 0 Å². The lowest BCUT2D eigenvalue weighted by Crippen LogP contribution is -1.93. The number of rotatable bonds is 1. The Morgan fingerprint density at radius 1 is 0.625 bits per heavy atom. The van der Waals surface area contributed by atoms with Gasteiger partial charge in [-0.3, -0.25) is 0 Å². The molecule has 4 N–H and O–H groups in total. The molecule has 0 amide bonds. The van der Waals surface area contributed by atoms with Gasteiger partial charge in [0.1, 0.15) is 0 Å². The first kappa shape index (κ1) is 20.3. The van der Waals surface area contributed by atoms with E-state index in [1.165, 1.54) is 0 Å². The molecule has 0 spiro atoms. The Morgan fingerprint density at radius 2 is 1.22 bits per heavy atom. The molecule has 0 fully saturated rings. The van der Waals surface area contributed by atoms with E-state index in [4.69, 9.17) is 15.7 Å². The van der Waals surface area contributed by atoms with Crippen LogP contribution in [0.25, 0.3) is 45.9 Å².